The van der Waals surface area contributed by atoms with Gasteiger partial charge in [0.25, 0.3) is 0 Å². The van der Waals surface area contributed by atoms with Crippen LogP contribution in [-0.4, -0.2) is 30.5 Å². The molecule has 2 fully saturated rings. The zero-order valence-corrected chi connectivity index (χ0v) is 12.1. The SMILES string of the molecule is c1cncc([C@H]2C[C@@H]2Nc2ncnc3c2ncn3C2CC2)c1. The normalized spacial score (nSPS) is 23.6. The van der Waals surface area contributed by atoms with Crippen molar-refractivity contribution in [2.24, 2.45) is 0 Å². The second-order valence-corrected chi connectivity index (χ2v) is 6.16. The van der Waals surface area contributed by atoms with Gasteiger partial charge in [-0.25, -0.2) is 15.0 Å². The van der Waals surface area contributed by atoms with Crippen LogP contribution in [0.25, 0.3) is 11.2 Å². The quantitative estimate of drug-likeness (QED) is 0.800. The van der Waals surface area contributed by atoms with E-state index >= 15 is 0 Å². The van der Waals surface area contributed by atoms with Crippen LogP contribution in [0.3, 0.4) is 0 Å². The highest BCUT2D eigenvalue weighted by atomic mass is 15.2. The smallest absolute Gasteiger partial charge is 0.165 e. The first-order chi connectivity index (χ1) is 10.9. The highest BCUT2D eigenvalue weighted by Crippen LogP contribution is 2.43. The summed E-state index contributed by atoms with van der Waals surface area (Å²) in [5.74, 6) is 1.37. The number of rotatable bonds is 4. The summed E-state index contributed by atoms with van der Waals surface area (Å²) in [6.45, 7) is 0. The van der Waals surface area contributed by atoms with Crippen LogP contribution >= 0.6 is 0 Å². The summed E-state index contributed by atoms with van der Waals surface area (Å²) in [6, 6.07) is 5.12. The minimum atomic E-state index is 0.411. The van der Waals surface area contributed by atoms with Gasteiger partial charge in [-0.1, -0.05) is 6.07 Å². The summed E-state index contributed by atoms with van der Waals surface area (Å²) in [5.41, 5.74) is 3.11. The number of pyridine rings is 1. The van der Waals surface area contributed by atoms with Crippen molar-refractivity contribution in [1.29, 1.82) is 0 Å². The van der Waals surface area contributed by atoms with Crippen molar-refractivity contribution in [2.75, 3.05) is 5.32 Å². The van der Waals surface area contributed by atoms with Crippen LogP contribution in [0.4, 0.5) is 5.82 Å². The fourth-order valence-corrected chi connectivity index (χ4v) is 3.07. The molecule has 0 radical (unpaired) electrons. The molecule has 6 heteroatoms. The Hall–Kier alpha value is -2.50. The van der Waals surface area contributed by atoms with Crippen molar-refractivity contribution in [3.8, 4) is 0 Å². The van der Waals surface area contributed by atoms with Gasteiger partial charge in [-0.05, 0) is 30.9 Å². The third-order valence-electron chi connectivity index (χ3n) is 4.52. The Morgan fingerprint density at radius 2 is 2.14 bits per heavy atom. The second-order valence-electron chi connectivity index (χ2n) is 6.16. The van der Waals surface area contributed by atoms with Gasteiger partial charge < -0.3 is 9.88 Å². The zero-order valence-electron chi connectivity index (χ0n) is 12.1. The van der Waals surface area contributed by atoms with Crippen molar-refractivity contribution < 1.29 is 0 Å². The Morgan fingerprint density at radius 3 is 2.95 bits per heavy atom. The molecular formula is C16H16N6. The van der Waals surface area contributed by atoms with Crippen LogP contribution in [0.15, 0.2) is 37.2 Å². The number of fused-ring (bicyclic) bond motifs is 1. The van der Waals surface area contributed by atoms with Gasteiger partial charge in [0, 0.05) is 30.4 Å². The lowest BCUT2D eigenvalue weighted by Gasteiger charge is -2.06. The van der Waals surface area contributed by atoms with Gasteiger partial charge in [0.1, 0.15) is 11.8 Å². The number of nitrogens with one attached hydrogen (secondary N) is 1. The van der Waals surface area contributed by atoms with E-state index in [0.717, 1.165) is 23.4 Å². The van der Waals surface area contributed by atoms with Gasteiger partial charge in [0.15, 0.2) is 11.5 Å². The summed E-state index contributed by atoms with van der Waals surface area (Å²) < 4.78 is 2.17. The minimum Gasteiger partial charge on any atom is -0.365 e. The van der Waals surface area contributed by atoms with Gasteiger partial charge in [-0.2, -0.15) is 0 Å². The average Bonchev–Trinajstić information content (AvgIpc) is 3.48. The third-order valence-corrected chi connectivity index (χ3v) is 4.52. The number of aromatic nitrogens is 5. The Bertz CT molecular complexity index is 823. The van der Waals surface area contributed by atoms with Crippen LogP contribution in [0, 0.1) is 0 Å². The number of anilines is 1. The summed E-state index contributed by atoms with van der Waals surface area (Å²) in [6.07, 6.45) is 10.9. The molecule has 3 aromatic heterocycles. The van der Waals surface area contributed by atoms with Crippen molar-refractivity contribution in [3.05, 3.63) is 42.7 Å². The van der Waals surface area contributed by atoms with Crippen molar-refractivity contribution in [2.45, 2.75) is 37.3 Å². The number of hydrogen-bond donors (Lipinski definition) is 1. The summed E-state index contributed by atoms with van der Waals surface area (Å²) in [7, 11) is 0. The number of nitrogens with zero attached hydrogens (tertiary/aromatic N) is 5. The first-order valence-corrected chi connectivity index (χ1v) is 7.74. The Morgan fingerprint density at radius 1 is 1.18 bits per heavy atom. The molecule has 5 rings (SSSR count). The molecule has 3 aromatic rings. The van der Waals surface area contributed by atoms with E-state index in [1.165, 1.54) is 18.4 Å². The van der Waals surface area contributed by atoms with E-state index in [1.54, 1.807) is 6.33 Å². The molecule has 110 valence electrons. The molecular weight excluding hydrogens is 276 g/mol. The standard InChI is InChI=1S/C16H16N6/c1-2-10(7-17-5-1)12-6-13(12)21-15-14-16(19-8-18-15)22(9-20-14)11-3-4-11/h1-2,5,7-9,11-13H,3-4,6H2,(H,18,19,21)/t12-,13+/m1/s1. The van der Waals surface area contributed by atoms with Crippen LogP contribution < -0.4 is 5.32 Å². The Balaban J connectivity index is 1.41. The maximum Gasteiger partial charge on any atom is 0.165 e. The van der Waals surface area contributed by atoms with Crippen molar-refractivity contribution >= 4 is 17.0 Å². The van der Waals surface area contributed by atoms with Gasteiger partial charge in [0.05, 0.1) is 6.33 Å². The largest absolute Gasteiger partial charge is 0.365 e. The molecule has 2 aliphatic rings. The topological polar surface area (TPSA) is 68.5 Å². The maximum absolute atomic E-state index is 4.52. The molecule has 22 heavy (non-hydrogen) atoms. The van der Waals surface area contributed by atoms with Gasteiger partial charge in [-0.15, -0.1) is 0 Å². The molecule has 0 aromatic carbocycles. The molecule has 0 amide bonds. The summed E-state index contributed by atoms with van der Waals surface area (Å²) in [4.78, 5) is 17.5. The van der Waals surface area contributed by atoms with E-state index in [2.05, 4.69) is 35.9 Å². The summed E-state index contributed by atoms with van der Waals surface area (Å²) in [5, 5.41) is 3.53. The Labute approximate surface area is 127 Å². The molecule has 3 heterocycles. The predicted molar refractivity (Wildman–Crippen MR) is 82.6 cm³/mol. The van der Waals surface area contributed by atoms with Crippen LogP contribution in [0.5, 0.6) is 0 Å². The molecule has 0 spiro atoms. The molecule has 6 nitrogen and oxygen atoms in total. The molecule has 0 saturated heterocycles. The molecule has 2 saturated carbocycles. The van der Waals surface area contributed by atoms with Crippen LogP contribution in [-0.2, 0) is 0 Å². The molecule has 0 aliphatic heterocycles. The molecule has 1 N–H and O–H groups in total. The lowest BCUT2D eigenvalue weighted by atomic mass is 10.2. The van der Waals surface area contributed by atoms with E-state index in [9.17, 15) is 0 Å². The average molecular weight is 292 g/mol. The van der Waals surface area contributed by atoms with E-state index in [0.29, 0.717) is 18.0 Å². The fraction of sp³-hybridized carbons (Fsp3) is 0.375. The van der Waals surface area contributed by atoms with E-state index < -0.39 is 0 Å². The van der Waals surface area contributed by atoms with Crippen molar-refractivity contribution in [1.82, 2.24) is 24.5 Å². The highest BCUT2D eigenvalue weighted by Gasteiger charge is 2.39. The monoisotopic (exact) mass is 292 g/mol. The minimum absolute atomic E-state index is 0.411. The van der Waals surface area contributed by atoms with Crippen molar-refractivity contribution in [3.63, 3.8) is 0 Å². The lowest BCUT2D eigenvalue weighted by Crippen LogP contribution is -2.07. The maximum atomic E-state index is 4.52. The fourth-order valence-electron chi connectivity index (χ4n) is 3.07. The zero-order chi connectivity index (χ0) is 14.5. The molecule has 0 unspecified atom stereocenters. The van der Waals surface area contributed by atoms with Crippen LogP contribution in [0.1, 0.15) is 36.8 Å². The van der Waals surface area contributed by atoms with Gasteiger partial charge >= 0.3 is 0 Å². The molecule has 2 aliphatic carbocycles. The Kier molecular flexibility index (Phi) is 2.47. The third kappa shape index (κ3) is 1.94. The van der Waals surface area contributed by atoms with E-state index in [1.807, 2.05) is 24.8 Å². The molecule has 2 atom stereocenters. The molecule has 0 bridgehead atoms. The second kappa shape index (κ2) is 4.50. The van der Waals surface area contributed by atoms with E-state index in [-0.39, 0.29) is 0 Å². The van der Waals surface area contributed by atoms with Gasteiger partial charge in [-0.3, -0.25) is 4.98 Å². The first kappa shape index (κ1) is 12.1. The highest BCUT2D eigenvalue weighted by molar-refractivity contribution is 5.83. The number of imidazole rings is 1. The van der Waals surface area contributed by atoms with Gasteiger partial charge in [0.2, 0.25) is 0 Å². The van der Waals surface area contributed by atoms with Crippen LogP contribution in [0.2, 0.25) is 0 Å². The van der Waals surface area contributed by atoms with E-state index in [4.69, 9.17) is 0 Å². The summed E-state index contributed by atoms with van der Waals surface area (Å²) >= 11 is 0. The lowest BCUT2D eigenvalue weighted by molar-refractivity contribution is 0.756. The first-order valence-electron chi connectivity index (χ1n) is 7.74. The predicted octanol–water partition coefficient (Wildman–Crippen LogP) is 2.52. The number of hydrogen-bond acceptors (Lipinski definition) is 5.